The van der Waals surface area contributed by atoms with Gasteiger partial charge in [0, 0.05) is 5.56 Å². The second-order valence-corrected chi connectivity index (χ2v) is 4.85. The molecule has 0 spiro atoms. The summed E-state index contributed by atoms with van der Waals surface area (Å²) < 4.78 is 10.2. The molecule has 1 aliphatic rings. The number of carbonyl (C=O) groups is 2. The van der Waals surface area contributed by atoms with Gasteiger partial charge in [0.1, 0.15) is 5.75 Å². The van der Waals surface area contributed by atoms with Gasteiger partial charge < -0.3 is 14.6 Å². The third-order valence-electron chi connectivity index (χ3n) is 3.47. The molecule has 1 heterocycles. The summed E-state index contributed by atoms with van der Waals surface area (Å²) in [5.74, 6) is -0.819. The number of methoxy groups -OCH3 is 1. The first-order valence-electron chi connectivity index (χ1n) is 5.93. The molecule has 0 saturated carbocycles. The quantitative estimate of drug-likeness (QED) is 0.660. The fourth-order valence-corrected chi connectivity index (χ4v) is 2.34. The lowest BCUT2D eigenvalue weighted by Crippen LogP contribution is -2.54. The second kappa shape index (κ2) is 4.66. The van der Waals surface area contributed by atoms with E-state index in [-0.39, 0.29) is 13.2 Å². The van der Waals surface area contributed by atoms with E-state index in [1.807, 2.05) is 13.8 Å². The van der Waals surface area contributed by atoms with E-state index >= 15 is 0 Å². The maximum atomic E-state index is 12.4. The Morgan fingerprint density at radius 3 is 2.11 bits per heavy atom. The van der Waals surface area contributed by atoms with E-state index in [0.717, 1.165) is 11.1 Å². The summed E-state index contributed by atoms with van der Waals surface area (Å²) in [6.45, 7) is 3.53. The highest BCUT2D eigenvalue weighted by molar-refractivity contribution is 6.13. The number of carbonyl (C=O) groups excluding carboxylic acids is 1. The van der Waals surface area contributed by atoms with Crippen molar-refractivity contribution in [1.29, 1.82) is 0 Å². The summed E-state index contributed by atoms with van der Waals surface area (Å²) in [6, 6.07) is 3.33. The number of hydrogen-bond donors (Lipinski definition) is 1. The number of ether oxygens (including phenoxy) is 2. The van der Waals surface area contributed by atoms with E-state index in [4.69, 9.17) is 9.47 Å². The summed E-state index contributed by atoms with van der Waals surface area (Å²) in [5, 5.41) is 9.23. The number of Topliss-reactive ketones (excluding diaryl/α,β-unsaturated/α-hetero) is 1. The second-order valence-electron chi connectivity index (χ2n) is 4.85. The Bertz CT molecular complexity index is 520. The molecule has 19 heavy (non-hydrogen) atoms. The van der Waals surface area contributed by atoms with E-state index in [0.29, 0.717) is 11.3 Å². The number of carboxylic acid groups (broad SMARTS) is 1. The van der Waals surface area contributed by atoms with Gasteiger partial charge in [-0.1, -0.05) is 0 Å². The zero-order valence-electron chi connectivity index (χ0n) is 11.1. The molecule has 1 aromatic carbocycles. The first kappa shape index (κ1) is 13.5. The molecule has 1 aliphatic heterocycles. The van der Waals surface area contributed by atoms with Crippen LogP contribution in [0.15, 0.2) is 12.1 Å². The Morgan fingerprint density at radius 1 is 1.26 bits per heavy atom. The number of carboxylic acids is 1. The van der Waals surface area contributed by atoms with Crippen LogP contribution in [0.2, 0.25) is 0 Å². The van der Waals surface area contributed by atoms with Crippen LogP contribution >= 0.6 is 0 Å². The third-order valence-corrected chi connectivity index (χ3v) is 3.47. The summed E-state index contributed by atoms with van der Waals surface area (Å²) in [5.41, 5.74) is 0.591. The summed E-state index contributed by atoms with van der Waals surface area (Å²) >= 11 is 0. The van der Waals surface area contributed by atoms with E-state index < -0.39 is 17.2 Å². The average molecular weight is 264 g/mol. The smallest absolute Gasteiger partial charge is 0.322 e. The fraction of sp³-hybridized carbons (Fsp3) is 0.429. The topological polar surface area (TPSA) is 72.8 Å². The maximum Gasteiger partial charge on any atom is 0.322 e. The van der Waals surface area contributed by atoms with Crippen LogP contribution in [0, 0.1) is 19.3 Å². The molecule has 102 valence electrons. The Hall–Kier alpha value is -1.88. The highest BCUT2D eigenvalue weighted by Gasteiger charge is 2.53. The predicted molar refractivity (Wildman–Crippen MR) is 67.7 cm³/mol. The summed E-state index contributed by atoms with van der Waals surface area (Å²) in [6.07, 6.45) is 0. The van der Waals surface area contributed by atoms with Gasteiger partial charge in [0.25, 0.3) is 0 Å². The van der Waals surface area contributed by atoms with Crippen LogP contribution in [0.5, 0.6) is 5.75 Å². The Morgan fingerprint density at radius 2 is 1.79 bits per heavy atom. The van der Waals surface area contributed by atoms with Gasteiger partial charge in [-0.05, 0) is 37.1 Å². The monoisotopic (exact) mass is 264 g/mol. The third kappa shape index (κ3) is 2.00. The molecule has 0 bridgehead atoms. The van der Waals surface area contributed by atoms with Crippen LogP contribution in [0.4, 0.5) is 0 Å². The molecule has 0 radical (unpaired) electrons. The van der Waals surface area contributed by atoms with E-state index in [1.165, 1.54) is 0 Å². The lowest BCUT2D eigenvalue weighted by atomic mass is 9.78. The van der Waals surface area contributed by atoms with E-state index in [2.05, 4.69) is 0 Å². The Kier molecular flexibility index (Phi) is 3.32. The van der Waals surface area contributed by atoms with Crippen molar-refractivity contribution in [3.8, 4) is 5.75 Å². The molecule has 2 rings (SSSR count). The van der Waals surface area contributed by atoms with Gasteiger partial charge in [0.05, 0.1) is 20.3 Å². The summed E-state index contributed by atoms with van der Waals surface area (Å²) in [4.78, 5) is 23.7. The number of hydrogen-bond acceptors (Lipinski definition) is 4. The zero-order valence-corrected chi connectivity index (χ0v) is 11.1. The van der Waals surface area contributed by atoms with Crippen molar-refractivity contribution in [2.45, 2.75) is 13.8 Å². The zero-order chi connectivity index (χ0) is 14.2. The van der Waals surface area contributed by atoms with E-state index in [1.54, 1.807) is 19.2 Å². The van der Waals surface area contributed by atoms with Crippen molar-refractivity contribution in [1.82, 2.24) is 0 Å². The minimum absolute atomic E-state index is 0.0642. The maximum absolute atomic E-state index is 12.4. The number of benzene rings is 1. The summed E-state index contributed by atoms with van der Waals surface area (Å²) in [7, 11) is 1.56. The highest BCUT2D eigenvalue weighted by atomic mass is 16.5. The molecule has 1 N–H and O–H groups in total. The number of aryl methyl sites for hydroxylation is 2. The normalized spacial score (nSPS) is 16.6. The van der Waals surface area contributed by atoms with Crippen LogP contribution in [0.3, 0.4) is 0 Å². The number of ketones is 1. The molecule has 1 aromatic rings. The molecule has 0 aromatic heterocycles. The molecule has 0 atom stereocenters. The Labute approximate surface area is 111 Å². The lowest BCUT2D eigenvalue weighted by molar-refractivity contribution is -0.169. The van der Waals surface area contributed by atoms with Crippen LogP contribution in [-0.4, -0.2) is 37.2 Å². The molecule has 0 unspecified atom stereocenters. The molecule has 5 heteroatoms. The standard InChI is InChI=1S/C14H16O5/c1-8-4-10(5-9(2)11(8)18-3)12(15)14(13(16)17)6-19-7-14/h4-5H,6-7H2,1-3H3,(H,16,17). The van der Waals surface area contributed by atoms with Crippen molar-refractivity contribution in [2.75, 3.05) is 20.3 Å². The van der Waals surface area contributed by atoms with Gasteiger partial charge in [-0.3, -0.25) is 9.59 Å². The van der Waals surface area contributed by atoms with Crippen LogP contribution in [0.1, 0.15) is 21.5 Å². The van der Waals surface area contributed by atoms with Crippen LogP contribution < -0.4 is 4.74 Å². The minimum atomic E-state index is -1.42. The number of rotatable bonds is 4. The molecule has 1 fully saturated rings. The molecular weight excluding hydrogens is 248 g/mol. The van der Waals surface area contributed by atoms with Crippen LogP contribution in [0.25, 0.3) is 0 Å². The average Bonchev–Trinajstić information content (AvgIpc) is 2.26. The SMILES string of the molecule is COc1c(C)cc(C(=O)C2(C(=O)O)COC2)cc1C. The fourth-order valence-electron chi connectivity index (χ4n) is 2.34. The van der Waals surface area contributed by atoms with Crippen molar-refractivity contribution in [2.24, 2.45) is 5.41 Å². The Balaban J connectivity index is 2.43. The molecule has 5 nitrogen and oxygen atoms in total. The van der Waals surface area contributed by atoms with Gasteiger partial charge in [0.2, 0.25) is 0 Å². The van der Waals surface area contributed by atoms with Crippen molar-refractivity contribution in [3.63, 3.8) is 0 Å². The molecule has 0 amide bonds. The molecule has 0 aliphatic carbocycles. The lowest BCUT2D eigenvalue weighted by Gasteiger charge is -2.35. The molecule has 1 saturated heterocycles. The van der Waals surface area contributed by atoms with Crippen molar-refractivity contribution in [3.05, 3.63) is 28.8 Å². The largest absolute Gasteiger partial charge is 0.496 e. The van der Waals surface area contributed by atoms with Gasteiger partial charge in [-0.2, -0.15) is 0 Å². The molecular formula is C14H16O5. The van der Waals surface area contributed by atoms with Gasteiger partial charge >= 0.3 is 5.97 Å². The van der Waals surface area contributed by atoms with Crippen molar-refractivity contribution >= 4 is 11.8 Å². The van der Waals surface area contributed by atoms with E-state index in [9.17, 15) is 14.7 Å². The minimum Gasteiger partial charge on any atom is -0.496 e. The van der Waals surface area contributed by atoms with Gasteiger partial charge in [0.15, 0.2) is 11.2 Å². The van der Waals surface area contributed by atoms with Gasteiger partial charge in [-0.25, -0.2) is 0 Å². The first-order valence-corrected chi connectivity index (χ1v) is 5.93. The van der Waals surface area contributed by atoms with Crippen molar-refractivity contribution < 1.29 is 24.2 Å². The predicted octanol–water partition coefficient (Wildman–Crippen LogP) is 1.60. The number of aliphatic carboxylic acids is 1. The van der Waals surface area contributed by atoms with Crippen LogP contribution in [-0.2, 0) is 9.53 Å². The first-order chi connectivity index (χ1) is 8.92. The highest BCUT2D eigenvalue weighted by Crippen LogP contribution is 2.34. The van der Waals surface area contributed by atoms with Gasteiger partial charge in [-0.15, -0.1) is 0 Å².